The second-order valence-corrected chi connectivity index (χ2v) is 6.03. The molecule has 1 aromatic carbocycles. The lowest BCUT2D eigenvalue weighted by Gasteiger charge is -1.95. The molecule has 0 saturated carbocycles. The van der Waals surface area contributed by atoms with Gasteiger partial charge in [0, 0.05) is 17.6 Å². The fourth-order valence-electron chi connectivity index (χ4n) is 1.52. The van der Waals surface area contributed by atoms with Gasteiger partial charge in [0.1, 0.15) is 0 Å². The highest BCUT2D eigenvalue weighted by atomic mass is 32.2. The van der Waals surface area contributed by atoms with Gasteiger partial charge in [-0.2, -0.15) is 0 Å². The van der Waals surface area contributed by atoms with Crippen LogP contribution in [0.25, 0.3) is 10.2 Å². The summed E-state index contributed by atoms with van der Waals surface area (Å²) in [5.74, 6) is 0. The number of anilines is 1. The van der Waals surface area contributed by atoms with Crippen molar-refractivity contribution in [2.75, 3.05) is 5.73 Å². The highest BCUT2D eigenvalue weighted by Gasteiger charge is 2.07. The van der Waals surface area contributed by atoms with E-state index in [9.17, 15) is 0 Å². The van der Waals surface area contributed by atoms with Gasteiger partial charge in [-0.25, -0.2) is 15.0 Å². The standard InChI is InChI=1S/C12H10N4S2/c1-7-4-5-14-11(15-7)18-12-16-9-3-2-8(13)6-10(9)17-12/h2-6H,13H2,1H3. The van der Waals surface area contributed by atoms with Gasteiger partial charge in [0.05, 0.1) is 10.2 Å². The van der Waals surface area contributed by atoms with Gasteiger partial charge in [0.2, 0.25) is 0 Å². The van der Waals surface area contributed by atoms with E-state index in [0.29, 0.717) is 0 Å². The van der Waals surface area contributed by atoms with Crippen LogP contribution in [-0.4, -0.2) is 15.0 Å². The molecule has 3 rings (SSSR count). The number of hydrogen-bond donors (Lipinski definition) is 1. The molecule has 0 unspecified atom stereocenters. The molecule has 2 aromatic heterocycles. The maximum atomic E-state index is 5.75. The molecular weight excluding hydrogens is 264 g/mol. The molecule has 0 spiro atoms. The van der Waals surface area contributed by atoms with E-state index in [1.54, 1.807) is 17.5 Å². The molecule has 0 saturated heterocycles. The Balaban J connectivity index is 1.95. The highest BCUT2D eigenvalue weighted by molar-refractivity contribution is 8.01. The molecule has 0 aliphatic heterocycles. The van der Waals surface area contributed by atoms with Crippen LogP contribution in [0.4, 0.5) is 5.69 Å². The summed E-state index contributed by atoms with van der Waals surface area (Å²) in [4.78, 5) is 13.1. The minimum Gasteiger partial charge on any atom is -0.399 e. The summed E-state index contributed by atoms with van der Waals surface area (Å²) in [5.41, 5.74) is 8.43. The summed E-state index contributed by atoms with van der Waals surface area (Å²) < 4.78 is 2.02. The van der Waals surface area contributed by atoms with Crippen LogP contribution in [0.15, 0.2) is 40.0 Å². The first kappa shape index (κ1) is 11.4. The van der Waals surface area contributed by atoms with E-state index < -0.39 is 0 Å². The Hall–Kier alpha value is -1.66. The highest BCUT2D eigenvalue weighted by Crippen LogP contribution is 2.33. The number of nitrogen functional groups attached to an aromatic ring is 1. The smallest absolute Gasteiger partial charge is 0.194 e. The number of nitrogens with zero attached hydrogens (tertiary/aromatic N) is 3. The molecule has 0 amide bonds. The number of thiazole rings is 1. The number of nitrogens with two attached hydrogens (primary N) is 1. The Morgan fingerprint density at radius 3 is 2.94 bits per heavy atom. The van der Waals surface area contributed by atoms with Crippen molar-refractivity contribution in [3.8, 4) is 0 Å². The fraction of sp³-hybridized carbons (Fsp3) is 0.0833. The lowest BCUT2D eigenvalue weighted by molar-refractivity contribution is 0.931. The molecule has 6 heteroatoms. The third-order valence-corrected chi connectivity index (χ3v) is 4.30. The molecule has 18 heavy (non-hydrogen) atoms. The van der Waals surface area contributed by atoms with E-state index in [-0.39, 0.29) is 0 Å². The van der Waals surface area contributed by atoms with Crippen LogP contribution in [0.5, 0.6) is 0 Å². The summed E-state index contributed by atoms with van der Waals surface area (Å²) in [6.45, 7) is 1.95. The number of aromatic nitrogens is 3. The summed E-state index contributed by atoms with van der Waals surface area (Å²) in [6.07, 6.45) is 1.76. The first-order chi connectivity index (χ1) is 8.70. The first-order valence-electron chi connectivity index (χ1n) is 5.34. The maximum Gasteiger partial charge on any atom is 0.194 e. The lowest BCUT2D eigenvalue weighted by atomic mass is 10.3. The number of benzene rings is 1. The predicted molar refractivity (Wildman–Crippen MR) is 74.9 cm³/mol. The van der Waals surface area contributed by atoms with Crippen molar-refractivity contribution >= 4 is 39.0 Å². The van der Waals surface area contributed by atoms with Crippen LogP contribution in [0.2, 0.25) is 0 Å². The van der Waals surface area contributed by atoms with Gasteiger partial charge >= 0.3 is 0 Å². The number of hydrogen-bond acceptors (Lipinski definition) is 6. The Kier molecular flexibility index (Phi) is 2.89. The molecule has 2 heterocycles. The molecule has 2 N–H and O–H groups in total. The minimum atomic E-state index is 0.724. The summed E-state index contributed by atoms with van der Waals surface area (Å²) in [5, 5.41) is 0.724. The zero-order valence-electron chi connectivity index (χ0n) is 9.62. The summed E-state index contributed by atoms with van der Waals surface area (Å²) in [7, 11) is 0. The average molecular weight is 274 g/mol. The van der Waals surface area contributed by atoms with E-state index in [0.717, 1.165) is 31.1 Å². The van der Waals surface area contributed by atoms with Crippen LogP contribution < -0.4 is 5.73 Å². The number of fused-ring (bicyclic) bond motifs is 1. The quantitative estimate of drug-likeness (QED) is 0.574. The van der Waals surface area contributed by atoms with Gasteiger partial charge in [-0.1, -0.05) is 0 Å². The third kappa shape index (κ3) is 2.30. The van der Waals surface area contributed by atoms with Gasteiger partial charge < -0.3 is 5.73 Å². The van der Waals surface area contributed by atoms with Crippen molar-refractivity contribution in [1.29, 1.82) is 0 Å². The molecule has 0 aliphatic carbocycles. The Morgan fingerprint density at radius 2 is 2.11 bits per heavy atom. The van der Waals surface area contributed by atoms with Crippen molar-refractivity contribution < 1.29 is 0 Å². The SMILES string of the molecule is Cc1ccnc(Sc2nc3ccc(N)cc3s2)n1. The lowest BCUT2D eigenvalue weighted by Crippen LogP contribution is -1.87. The van der Waals surface area contributed by atoms with Gasteiger partial charge in [-0.3, -0.25) is 0 Å². The molecule has 0 radical (unpaired) electrons. The van der Waals surface area contributed by atoms with E-state index >= 15 is 0 Å². The molecule has 0 aliphatic rings. The average Bonchev–Trinajstić information content (AvgIpc) is 2.70. The van der Waals surface area contributed by atoms with Crippen molar-refractivity contribution in [1.82, 2.24) is 15.0 Å². The van der Waals surface area contributed by atoms with Crippen molar-refractivity contribution in [3.05, 3.63) is 36.2 Å². The van der Waals surface area contributed by atoms with Crippen LogP contribution >= 0.6 is 23.1 Å². The van der Waals surface area contributed by atoms with E-state index in [2.05, 4.69) is 15.0 Å². The van der Waals surface area contributed by atoms with Gasteiger partial charge in [-0.05, 0) is 43.0 Å². The topological polar surface area (TPSA) is 64.7 Å². The van der Waals surface area contributed by atoms with Gasteiger partial charge in [0.25, 0.3) is 0 Å². The van der Waals surface area contributed by atoms with Crippen molar-refractivity contribution in [2.45, 2.75) is 16.4 Å². The molecule has 90 valence electrons. The van der Waals surface area contributed by atoms with Crippen LogP contribution in [-0.2, 0) is 0 Å². The Labute approximate surface area is 112 Å². The normalized spacial score (nSPS) is 10.9. The van der Waals surface area contributed by atoms with Gasteiger partial charge in [-0.15, -0.1) is 11.3 Å². The molecule has 0 fully saturated rings. The zero-order valence-corrected chi connectivity index (χ0v) is 11.3. The minimum absolute atomic E-state index is 0.724. The number of aryl methyl sites for hydroxylation is 1. The first-order valence-corrected chi connectivity index (χ1v) is 6.97. The van der Waals surface area contributed by atoms with Crippen LogP contribution in [0, 0.1) is 6.92 Å². The van der Waals surface area contributed by atoms with Crippen LogP contribution in [0.1, 0.15) is 5.69 Å². The second kappa shape index (κ2) is 4.55. The molecule has 4 nitrogen and oxygen atoms in total. The number of rotatable bonds is 2. The maximum absolute atomic E-state index is 5.75. The monoisotopic (exact) mass is 274 g/mol. The van der Waals surface area contributed by atoms with Crippen molar-refractivity contribution in [3.63, 3.8) is 0 Å². The fourth-order valence-corrected chi connectivity index (χ4v) is 3.53. The largest absolute Gasteiger partial charge is 0.399 e. The van der Waals surface area contributed by atoms with E-state index in [1.165, 1.54) is 11.8 Å². The molecule has 3 aromatic rings. The summed E-state index contributed by atoms with van der Waals surface area (Å²) in [6, 6.07) is 7.61. The predicted octanol–water partition coefficient (Wildman–Crippen LogP) is 3.13. The molecular formula is C12H10N4S2. The van der Waals surface area contributed by atoms with Crippen molar-refractivity contribution in [2.24, 2.45) is 0 Å². The van der Waals surface area contributed by atoms with Gasteiger partial charge in [0.15, 0.2) is 9.50 Å². The van der Waals surface area contributed by atoms with E-state index in [4.69, 9.17) is 5.73 Å². The summed E-state index contributed by atoms with van der Waals surface area (Å²) >= 11 is 3.08. The Morgan fingerprint density at radius 1 is 1.22 bits per heavy atom. The van der Waals surface area contributed by atoms with E-state index in [1.807, 2.05) is 31.2 Å². The Bertz CT molecular complexity index is 708. The molecule has 0 bridgehead atoms. The second-order valence-electron chi connectivity index (χ2n) is 3.79. The molecule has 0 atom stereocenters. The zero-order chi connectivity index (χ0) is 12.5. The van der Waals surface area contributed by atoms with Crippen LogP contribution in [0.3, 0.4) is 0 Å². The third-order valence-electron chi connectivity index (χ3n) is 2.34.